The van der Waals surface area contributed by atoms with Crippen LogP contribution in [-0.4, -0.2) is 78.6 Å². The van der Waals surface area contributed by atoms with E-state index in [0.717, 1.165) is 17.7 Å². The molecule has 2 saturated heterocycles. The van der Waals surface area contributed by atoms with Crippen LogP contribution in [0.5, 0.6) is 0 Å². The van der Waals surface area contributed by atoms with Gasteiger partial charge >= 0.3 is 5.97 Å². The number of rotatable bonds is 6. The predicted molar refractivity (Wildman–Crippen MR) is 102 cm³/mol. The minimum atomic E-state index is -3.15. The Labute approximate surface area is 170 Å². The summed E-state index contributed by atoms with van der Waals surface area (Å²) in [6.07, 6.45) is 2.35. The zero-order valence-electron chi connectivity index (χ0n) is 16.8. The van der Waals surface area contributed by atoms with Gasteiger partial charge in [-0.3, -0.25) is 24.1 Å². The van der Waals surface area contributed by atoms with Crippen molar-refractivity contribution in [3.8, 4) is 0 Å². The monoisotopic (exact) mass is 428 g/mol. The number of carbonyl (C=O) groups is 4. The lowest BCUT2D eigenvalue weighted by atomic mass is 9.81. The van der Waals surface area contributed by atoms with E-state index in [1.54, 1.807) is 6.92 Å². The molecule has 2 heterocycles. The van der Waals surface area contributed by atoms with Crippen LogP contribution >= 0.6 is 0 Å². The lowest BCUT2D eigenvalue weighted by molar-refractivity contribution is -0.163. The summed E-state index contributed by atoms with van der Waals surface area (Å²) in [4.78, 5) is 52.3. The Morgan fingerprint density at radius 1 is 1.14 bits per heavy atom. The van der Waals surface area contributed by atoms with Gasteiger partial charge in [-0.1, -0.05) is 12.8 Å². The van der Waals surface area contributed by atoms with E-state index in [-0.39, 0.29) is 35.2 Å². The molecule has 0 N–H and O–H groups in total. The minimum absolute atomic E-state index is 0.0388. The number of nitrogens with zero attached hydrogens (tertiary/aromatic N) is 2. The molecule has 4 atom stereocenters. The Balaban J connectivity index is 1.57. The van der Waals surface area contributed by atoms with Crippen molar-refractivity contribution in [3.63, 3.8) is 0 Å². The highest BCUT2D eigenvalue weighted by Crippen LogP contribution is 2.37. The van der Waals surface area contributed by atoms with Gasteiger partial charge in [-0.15, -0.1) is 0 Å². The number of sulfone groups is 1. The third kappa shape index (κ3) is 4.46. The number of ether oxygens (including phenoxy) is 1. The second-order valence-corrected chi connectivity index (χ2v) is 10.3. The first-order valence-electron chi connectivity index (χ1n) is 10.2. The van der Waals surface area contributed by atoms with Gasteiger partial charge in [0, 0.05) is 12.6 Å². The van der Waals surface area contributed by atoms with Crippen molar-refractivity contribution >= 4 is 33.5 Å². The highest BCUT2D eigenvalue weighted by Gasteiger charge is 2.49. The number of hydrogen-bond acceptors (Lipinski definition) is 7. The fourth-order valence-electron chi connectivity index (χ4n) is 4.65. The number of amides is 3. The van der Waals surface area contributed by atoms with E-state index < -0.39 is 40.4 Å². The molecule has 1 saturated carbocycles. The van der Waals surface area contributed by atoms with Crippen molar-refractivity contribution in [1.29, 1.82) is 0 Å². The molecule has 162 valence electrons. The maximum Gasteiger partial charge on any atom is 0.326 e. The molecule has 0 aromatic heterocycles. The Kier molecular flexibility index (Phi) is 6.30. The molecule has 0 aromatic carbocycles. The maximum absolute atomic E-state index is 12.7. The van der Waals surface area contributed by atoms with Gasteiger partial charge in [0.1, 0.15) is 6.54 Å². The molecule has 9 nitrogen and oxygen atoms in total. The Hall–Kier alpha value is -1.97. The predicted octanol–water partition coefficient (Wildman–Crippen LogP) is 0.129. The molecule has 4 unspecified atom stereocenters. The van der Waals surface area contributed by atoms with Gasteiger partial charge in [0.2, 0.25) is 11.8 Å². The zero-order valence-corrected chi connectivity index (χ0v) is 17.7. The van der Waals surface area contributed by atoms with Crippen LogP contribution in [0.4, 0.5) is 0 Å². The van der Waals surface area contributed by atoms with Crippen molar-refractivity contribution in [2.75, 3.05) is 24.6 Å². The number of hydrogen-bond donors (Lipinski definition) is 0. The van der Waals surface area contributed by atoms with Gasteiger partial charge in [0.25, 0.3) is 5.91 Å². The van der Waals surface area contributed by atoms with E-state index in [1.807, 2.05) is 0 Å². The fourth-order valence-corrected chi connectivity index (χ4v) is 6.38. The average molecular weight is 429 g/mol. The summed E-state index contributed by atoms with van der Waals surface area (Å²) in [5.74, 6) is -2.70. The zero-order chi connectivity index (χ0) is 21.3. The molecule has 1 aliphatic carbocycles. The molecule has 3 fully saturated rings. The Morgan fingerprint density at radius 3 is 2.21 bits per heavy atom. The third-order valence-electron chi connectivity index (χ3n) is 6.15. The highest BCUT2D eigenvalue weighted by atomic mass is 32.2. The first kappa shape index (κ1) is 21.7. The number of likely N-dealkylation sites (N-methyl/N-ethyl adjacent to an activating group) is 1. The normalized spacial score (nSPS) is 29.4. The summed E-state index contributed by atoms with van der Waals surface area (Å²) in [7, 11) is -3.15. The molecule has 0 spiro atoms. The molecule has 3 rings (SSSR count). The van der Waals surface area contributed by atoms with Crippen LogP contribution in [0.2, 0.25) is 0 Å². The molecule has 0 aromatic rings. The Morgan fingerprint density at radius 2 is 1.72 bits per heavy atom. The number of imide groups is 1. The van der Waals surface area contributed by atoms with Crippen LogP contribution in [0.3, 0.4) is 0 Å². The highest BCUT2D eigenvalue weighted by molar-refractivity contribution is 7.91. The van der Waals surface area contributed by atoms with Gasteiger partial charge in [-0.05, 0) is 33.1 Å². The third-order valence-corrected chi connectivity index (χ3v) is 7.90. The summed E-state index contributed by atoms with van der Waals surface area (Å²) in [6, 6.07) is -0.427. The summed E-state index contributed by atoms with van der Waals surface area (Å²) >= 11 is 0. The standard InChI is InChI=1S/C19H28N2O7S/c1-3-20(13-8-9-29(26,27)11-13)17(23)12(2)28-16(22)10-21-18(24)14-6-4-5-7-15(14)19(21)25/h12-15H,3-11H2,1-2H3. The van der Waals surface area contributed by atoms with E-state index in [2.05, 4.69) is 0 Å². The lowest BCUT2D eigenvalue weighted by Crippen LogP contribution is -2.47. The number of fused-ring (bicyclic) bond motifs is 1. The van der Waals surface area contributed by atoms with Crippen LogP contribution in [0.1, 0.15) is 46.0 Å². The summed E-state index contributed by atoms with van der Waals surface area (Å²) in [5, 5.41) is 0. The largest absolute Gasteiger partial charge is 0.451 e. The number of likely N-dealkylation sites (tertiary alicyclic amines) is 1. The first-order valence-corrected chi connectivity index (χ1v) is 12.0. The lowest BCUT2D eigenvalue weighted by Gasteiger charge is -2.29. The quantitative estimate of drug-likeness (QED) is 0.436. The van der Waals surface area contributed by atoms with E-state index in [9.17, 15) is 27.6 Å². The summed E-state index contributed by atoms with van der Waals surface area (Å²) in [5.41, 5.74) is 0. The topological polar surface area (TPSA) is 118 Å². The molecule has 3 amide bonds. The number of carbonyl (C=O) groups excluding carboxylic acids is 4. The minimum Gasteiger partial charge on any atom is -0.451 e. The van der Waals surface area contributed by atoms with E-state index in [1.165, 1.54) is 11.8 Å². The maximum atomic E-state index is 12.7. The molecular formula is C19H28N2O7S. The van der Waals surface area contributed by atoms with Crippen molar-refractivity contribution in [3.05, 3.63) is 0 Å². The summed E-state index contributed by atoms with van der Waals surface area (Å²) < 4.78 is 28.6. The van der Waals surface area contributed by atoms with Crippen LogP contribution < -0.4 is 0 Å². The van der Waals surface area contributed by atoms with E-state index >= 15 is 0 Å². The van der Waals surface area contributed by atoms with Crippen LogP contribution in [0.15, 0.2) is 0 Å². The van der Waals surface area contributed by atoms with E-state index in [4.69, 9.17) is 4.74 Å². The molecule has 3 aliphatic rings. The molecule has 29 heavy (non-hydrogen) atoms. The first-order chi connectivity index (χ1) is 13.6. The van der Waals surface area contributed by atoms with Crippen LogP contribution in [0, 0.1) is 11.8 Å². The fraction of sp³-hybridized carbons (Fsp3) is 0.789. The second-order valence-electron chi connectivity index (χ2n) is 8.07. The number of esters is 1. The van der Waals surface area contributed by atoms with Gasteiger partial charge in [-0.2, -0.15) is 0 Å². The average Bonchev–Trinajstić information content (AvgIpc) is 3.15. The molecule has 0 radical (unpaired) electrons. The molecule has 10 heteroatoms. The van der Waals surface area contributed by atoms with E-state index in [0.29, 0.717) is 25.8 Å². The molecule has 0 bridgehead atoms. The SMILES string of the molecule is CCN(C(=O)C(C)OC(=O)CN1C(=O)C2CCCCC2C1=O)C1CCS(=O)(=O)C1. The smallest absolute Gasteiger partial charge is 0.326 e. The van der Waals surface area contributed by atoms with Crippen molar-refractivity contribution < 1.29 is 32.3 Å². The van der Waals surface area contributed by atoms with Gasteiger partial charge in [0.05, 0.1) is 23.3 Å². The van der Waals surface area contributed by atoms with Crippen molar-refractivity contribution in [2.45, 2.75) is 58.1 Å². The van der Waals surface area contributed by atoms with Gasteiger partial charge < -0.3 is 9.64 Å². The molecule has 2 aliphatic heterocycles. The van der Waals surface area contributed by atoms with Gasteiger partial charge in [-0.25, -0.2) is 8.42 Å². The van der Waals surface area contributed by atoms with Gasteiger partial charge in [0.15, 0.2) is 15.9 Å². The van der Waals surface area contributed by atoms with Crippen LogP contribution in [0.25, 0.3) is 0 Å². The molecular weight excluding hydrogens is 400 g/mol. The van der Waals surface area contributed by atoms with Crippen molar-refractivity contribution in [1.82, 2.24) is 9.80 Å². The second kappa shape index (κ2) is 8.41. The Bertz CT molecular complexity index is 785. The van der Waals surface area contributed by atoms with Crippen molar-refractivity contribution in [2.24, 2.45) is 11.8 Å². The summed E-state index contributed by atoms with van der Waals surface area (Å²) in [6.45, 7) is 2.96. The van der Waals surface area contributed by atoms with Crippen LogP contribution in [-0.2, 0) is 33.8 Å².